The Morgan fingerprint density at radius 2 is 1.96 bits per heavy atom. The fraction of sp³-hybridized carbons (Fsp3) is 0.588. The van der Waals surface area contributed by atoms with Gasteiger partial charge in [0.25, 0.3) is 0 Å². The van der Waals surface area contributed by atoms with E-state index < -0.39 is 5.79 Å². The van der Waals surface area contributed by atoms with Gasteiger partial charge in [0.2, 0.25) is 5.79 Å². The highest BCUT2D eigenvalue weighted by Crippen LogP contribution is 2.33. The molecule has 1 aromatic rings. The van der Waals surface area contributed by atoms with Crippen molar-refractivity contribution in [3.05, 3.63) is 29.8 Å². The van der Waals surface area contributed by atoms with Crippen LogP contribution in [0.5, 0.6) is 5.75 Å². The molecule has 0 radical (unpaired) electrons. The molecule has 23 heavy (non-hydrogen) atoms. The number of hydrogen-bond acceptors (Lipinski definition) is 5. The zero-order chi connectivity index (χ0) is 16.7. The monoisotopic (exact) mass is 338 g/mol. The van der Waals surface area contributed by atoms with Crippen molar-refractivity contribution in [3.8, 4) is 5.75 Å². The van der Waals surface area contributed by atoms with Crippen LogP contribution in [-0.4, -0.2) is 44.8 Å². The zero-order valence-corrected chi connectivity index (χ0v) is 15.1. The number of rotatable bonds is 6. The maximum absolute atomic E-state index is 5.91. The Balaban J connectivity index is 2.13. The van der Waals surface area contributed by atoms with Gasteiger partial charge >= 0.3 is 0 Å². The van der Waals surface area contributed by atoms with Gasteiger partial charge in [-0.2, -0.15) is 0 Å². The number of aliphatic imine (C=N–C) groups is 1. The topological polar surface area (TPSA) is 52.1 Å². The van der Waals surface area contributed by atoms with Gasteiger partial charge in [-0.25, -0.2) is 0 Å². The average molecular weight is 338 g/mol. The van der Waals surface area contributed by atoms with Gasteiger partial charge in [-0.3, -0.25) is 4.99 Å². The van der Waals surface area contributed by atoms with Crippen LogP contribution in [0, 0.1) is 5.92 Å². The van der Waals surface area contributed by atoms with Gasteiger partial charge in [0.1, 0.15) is 12.3 Å². The molecule has 0 amide bonds. The number of methoxy groups -OCH3 is 1. The minimum absolute atomic E-state index is 0.431. The molecule has 1 heterocycles. The van der Waals surface area contributed by atoms with Crippen LogP contribution >= 0.6 is 11.8 Å². The molecule has 0 atom stereocenters. The van der Waals surface area contributed by atoms with E-state index in [1.807, 2.05) is 30.5 Å². The van der Waals surface area contributed by atoms with Crippen molar-refractivity contribution in [2.24, 2.45) is 10.9 Å². The highest BCUT2D eigenvalue weighted by molar-refractivity contribution is 8.13. The predicted molar refractivity (Wildman–Crippen MR) is 95.2 cm³/mol. The van der Waals surface area contributed by atoms with Crippen LogP contribution < -0.4 is 10.1 Å². The molecule has 128 valence electrons. The summed E-state index contributed by atoms with van der Waals surface area (Å²) >= 11 is 1.60. The Kier molecular flexibility index (Phi) is 6.74. The first-order valence-electron chi connectivity index (χ1n) is 7.84. The highest BCUT2D eigenvalue weighted by atomic mass is 32.2. The van der Waals surface area contributed by atoms with Crippen molar-refractivity contribution in [2.45, 2.75) is 19.6 Å². The summed E-state index contributed by atoms with van der Waals surface area (Å²) in [7, 11) is 1.66. The van der Waals surface area contributed by atoms with Crippen molar-refractivity contribution in [1.29, 1.82) is 0 Å². The molecule has 5 nitrogen and oxygen atoms in total. The van der Waals surface area contributed by atoms with Gasteiger partial charge in [-0.1, -0.05) is 25.6 Å². The molecular weight excluding hydrogens is 312 g/mol. The van der Waals surface area contributed by atoms with Gasteiger partial charge in [-0.05, 0) is 36.4 Å². The standard InChI is InChI=1S/C17H26N2O3S/c1-13(2)11-18-16(23-4)19-12-17(21-9-10-22-17)14-5-7-15(20-3)8-6-14/h5-8,13H,9-12H2,1-4H3,(H,18,19). The smallest absolute Gasteiger partial charge is 0.215 e. The molecule has 0 aromatic heterocycles. The molecule has 0 aliphatic carbocycles. The van der Waals surface area contributed by atoms with Crippen LogP contribution in [-0.2, 0) is 15.3 Å². The summed E-state index contributed by atoms with van der Waals surface area (Å²) in [5.41, 5.74) is 0.962. The second kappa shape index (κ2) is 8.57. The van der Waals surface area contributed by atoms with Gasteiger partial charge in [0.15, 0.2) is 5.17 Å². The van der Waals surface area contributed by atoms with E-state index in [0.29, 0.717) is 25.7 Å². The molecule has 1 aromatic carbocycles. The number of ether oxygens (including phenoxy) is 3. The van der Waals surface area contributed by atoms with Crippen LogP contribution in [0.3, 0.4) is 0 Å². The summed E-state index contributed by atoms with van der Waals surface area (Å²) in [6, 6.07) is 7.77. The minimum atomic E-state index is -0.799. The molecule has 6 heteroatoms. The van der Waals surface area contributed by atoms with E-state index in [1.54, 1.807) is 18.9 Å². The van der Waals surface area contributed by atoms with Crippen LogP contribution in [0.25, 0.3) is 0 Å². The maximum atomic E-state index is 5.91. The van der Waals surface area contributed by atoms with Gasteiger partial charge in [-0.15, -0.1) is 0 Å². The second-order valence-electron chi connectivity index (χ2n) is 5.78. The molecule has 0 bridgehead atoms. The number of thioether (sulfide) groups is 1. The van der Waals surface area contributed by atoms with E-state index in [1.165, 1.54) is 0 Å². The third-order valence-corrected chi connectivity index (χ3v) is 4.23. The summed E-state index contributed by atoms with van der Waals surface area (Å²) in [5, 5.41) is 4.27. The summed E-state index contributed by atoms with van der Waals surface area (Å²) < 4.78 is 17.0. The fourth-order valence-electron chi connectivity index (χ4n) is 2.31. The van der Waals surface area contributed by atoms with E-state index in [0.717, 1.165) is 23.0 Å². The molecule has 1 aliphatic heterocycles. The van der Waals surface area contributed by atoms with Gasteiger partial charge < -0.3 is 19.5 Å². The zero-order valence-electron chi connectivity index (χ0n) is 14.3. The summed E-state index contributed by atoms with van der Waals surface area (Å²) in [6.07, 6.45) is 2.02. The van der Waals surface area contributed by atoms with E-state index in [4.69, 9.17) is 14.2 Å². The normalized spacial score (nSPS) is 17.5. The molecule has 1 aliphatic rings. The number of hydrogen-bond donors (Lipinski definition) is 1. The maximum Gasteiger partial charge on any atom is 0.215 e. The lowest BCUT2D eigenvalue weighted by molar-refractivity contribution is -0.156. The van der Waals surface area contributed by atoms with Crippen LogP contribution in [0.4, 0.5) is 0 Å². The highest BCUT2D eigenvalue weighted by Gasteiger charge is 2.38. The van der Waals surface area contributed by atoms with Crippen LogP contribution in [0.2, 0.25) is 0 Å². The minimum Gasteiger partial charge on any atom is -0.497 e. The second-order valence-corrected chi connectivity index (χ2v) is 6.57. The molecule has 0 unspecified atom stereocenters. The lowest BCUT2D eigenvalue weighted by Crippen LogP contribution is -2.33. The van der Waals surface area contributed by atoms with E-state index in [-0.39, 0.29) is 0 Å². The van der Waals surface area contributed by atoms with Crippen molar-refractivity contribution in [2.75, 3.05) is 39.7 Å². The lowest BCUT2D eigenvalue weighted by Gasteiger charge is -2.26. The Hall–Kier alpha value is -1.24. The molecule has 2 rings (SSSR count). The molecule has 1 saturated heterocycles. The van der Waals surface area contributed by atoms with Gasteiger partial charge in [0, 0.05) is 12.1 Å². The molecule has 1 N–H and O–H groups in total. The summed E-state index contributed by atoms with van der Waals surface area (Å²) in [6.45, 7) is 6.84. The number of benzene rings is 1. The molecule has 0 spiro atoms. The van der Waals surface area contributed by atoms with Crippen molar-refractivity contribution >= 4 is 16.9 Å². The van der Waals surface area contributed by atoms with E-state index >= 15 is 0 Å². The fourth-order valence-corrected chi connectivity index (χ4v) is 2.73. The van der Waals surface area contributed by atoms with Crippen molar-refractivity contribution in [1.82, 2.24) is 5.32 Å². The molecule has 1 fully saturated rings. The SMILES string of the molecule is COc1ccc(C2(CN=C(NCC(C)C)SC)OCCO2)cc1. The first-order valence-corrected chi connectivity index (χ1v) is 9.07. The Morgan fingerprint density at radius 3 is 2.48 bits per heavy atom. The molecular formula is C17H26N2O3S. The van der Waals surface area contributed by atoms with Crippen molar-refractivity contribution in [3.63, 3.8) is 0 Å². The predicted octanol–water partition coefficient (Wildman–Crippen LogP) is 2.86. The lowest BCUT2D eigenvalue weighted by atomic mass is 10.1. The number of amidine groups is 1. The average Bonchev–Trinajstić information content (AvgIpc) is 3.05. The third-order valence-electron chi connectivity index (χ3n) is 3.57. The Labute approximate surface area is 142 Å². The van der Waals surface area contributed by atoms with Gasteiger partial charge in [0.05, 0.1) is 20.3 Å². The Morgan fingerprint density at radius 1 is 1.30 bits per heavy atom. The first-order chi connectivity index (χ1) is 11.1. The largest absolute Gasteiger partial charge is 0.497 e. The first kappa shape index (κ1) is 18.1. The number of nitrogens with zero attached hydrogens (tertiary/aromatic N) is 1. The Bertz CT molecular complexity index is 511. The van der Waals surface area contributed by atoms with Crippen molar-refractivity contribution < 1.29 is 14.2 Å². The molecule has 0 saturated carbocycles. The van der Waals surface area contributed by atoms with Crippen LogP contribution in [0.15, 0.2) is 29.3 Å². The summed E-state index contributed by atoms with van der Waals surface area (Å²) in [5.74, 6) is 0.586. The summed E-state index contributed by atoms with van der Waals surface area (Å²) in [4.78, 5) is 4.67. The third kappa shape index (κ3) is 4.86. The number of nitrogens with one attached hydrogen (secondary N) is 1. The quantitative estimate of drug-likeness (QED) is 0.638. The van der Waals surface area contributed by atoms with E-state index in [9.17, 15) is 0 Å². The van der Waals surface area contributed by atoms with E-state index in [2.05, 4.69) is 24.2 Å². The van der Waals surface area contributed by atoms with Crippen LogP contribution in [0.1, 0.15) is 19.4 Å².